The first-order valence-corrected chi connectivity index (χ1v) is 8.09. The predicted octanol–water partition coefficient (Wildman–Crippen LogP) is 5.03. The lowest BCUT2D eigenvalue weighted by molar-refractivity contribution is 0.690. The number of aromatic nitrogens is 2. The monoisotopic (exact) mass is 342 g/mol. The van der Waals surface area contributed by atoms with Gasteiger partial charge in [-0.25, -0.2) is 0 Å². The van der Waals surface area contributed by atoms with Gasteiger partial charge in [-0.2, -0.15) is 5.10 Å². The van der Waals surface area contributed by atoms with Gasteiger partial charge in [0.25, 0.3) is 0 Å². The molecule has 0 spiro atoms. The first-order valence-electron chi connectivity index (χ1n) is 7.30. The fourth-order valence-electron chi connectivity index (χ4n) is 2.85. The van der Waals surface area contributed by atoms with Crippen LogP contribution in [0.25, 0.3) is 10.9 Å². The standard InChI is InChI=1S/C18H19BrN2/c1-4-17-15-9-8-14(19)10-18(15)21(20-17)11-16-12(2)6-5-7-13(16)3/h5-10H,4,11H2,1-3H3. The van der Waals surface area contributed by atoms with Crippen LogP contribution < -0.4 is 0 Å². The summed E-state index contributed by atoms with van der Waals surface area (Å²) in [6, 6.07) is 12.9. The number of nitrogens with zero attached hydrogens (tertiary/aromatic N) is 2. The predicted molar refractivity (Wildman–Crippen MR) is 91.8 cm³/mol. The summed E-state index contributed by atoms with van der Waals surface area (Å²) in [6.07, 6.45) is 0.956. The Balaban J connectivity index is 2.14. The van der Waals surface area contributed by atoms with E-state index in [1.165, 1.54) is 33.3 Å². The molecular weight excluding hydrogens is 324 g/mol. The highest BCUT2D eigenvalue weighted by molar-refractivity contribution is 9.10. The molecule has 3 aromatic rings. The van der Waals surface area contributed by atoms with Crippen LogP contribution in [-0.4, -0.2) is 9.78 Å². The van der Waals surface area contributed by atoms with Crippen molar-refractivity contribution in [3.63, 3.8) is 0 Å². The van der Waals surface area contributed by atoms with Crippen molar-refractivity contribution >= 4 is 26.8 Å². The van der Waals surface area contributed by atoms with E-state index in [0.717, 1.165) is 17.4 Å². The Bertz CT molecular complexity index is 782. The zero-order valence-corrected chi connectivity index (χ0v) is 14.2. The van der Waals surface area contributed by atoms with Crippen molar-refractivity contribution in [2.75, 3.05) is 0 Å². The Kier molecular flexibility index (Phi) is 3.85. The van der Waals surface area contributed by atoms with Crippen LogP contribution >= 0.6 is 15.9 Å². The van der Waals surface area contributed by atoms with Crippen molar-refractivity contribution in [1.29, 1.82) is 0 Å². The van der Waals surface area contributed by atoms with E-state index in [-0.39, 0.29) is 0 Å². The Morgan fingerprint density at radius 1 is 1.10 bits per heavy atom. The second-order valence-corrected chi connectivity index (χ2v) is 6.41. The van der Waals surface area contributed by atoms with Crippen LogP contribution in [0.1, 0.15) is 29.3 Å². The summed E-state index contributed by atoms with van der Waals surface area (Å²) in [5.41, 5.74) is 6.38. The van der Waals surface area contributed by atoms with Gasteiger partial charge in [0.15, 0.2) is 0 Å². The molecule has 0 saturated heterocycles. The molecule has 0 amide bonds. The first kappa shape index (κ1) is 14.3. The summed E-state index contributed by atoms with van der Waals surface area (Å²) in [6.45, 7) is 7.33. The minimum atomic E-state index is 0.825. The van der Waals surface area contributed by atoms with Crippen molar-refractivity contribution in [1.82, 2.24) is 9.78 Å². The second kappa shape index (κ2) is 5.64. The average molecular weight is 343 g/mol. The van der Waals surface area contributed by atoms with Crippen molar-refractivity contribution < 1.29 is 0 Å². The van der Waals surface area contributed by atoms with Gasteiger partial charge >= 0.3 is 0 Å². The molecule has 0 aliphatic carbocycles. The Labute approximate surface area is 133 Å². The molecule has 1 heterocycles. The van der Waals surface area contributed by atoms with Gasteiger partial charge in [-0.1, -0.05) is 41.1 Å². The molecule has 0 radical (unpaired) electrons. The molecule has 3 rings (SSSR count). The van der Waals surface area contributed by atoms with Crippen LogP contribution in [0.15, 0.2) is 40.9 Å². The number of halogens is 1. The van der Waals surface area contributed by atoms with Crippen molar-refractivity contribution in [3.05, 3.63) is 63.3 Å². The molecule has 2 nitrogen and oxygen atoms in total. The van der Waals surface area contributed by atoms with Gasteiger partial charge < -0.3 is 0 Å². The SMILES string of the molecule is CCc1nn(Cc2c(C)cccc2C)c2cc(Br)ccc12. The lowest BCUT2D eigenvalue weighted by atomic mass is 10.0. The lowest BCUT2D eigenvalue weighted by Gasteiger charge is -2.10. The number of benzene rings is 2. The van der Waals surface area contributed by atoms with E-state index in [1.807, 2.05) is 0 Å². The van der Waals surface area contributed by atoms with Gasteiger partial charge in [-0.15, -0.1) is 0 Å². The number of rotatable bonds is 3. The van der Waals surface area contributed by atoms with E-state index in [0.29, 0.717) is 0 Å². The van der Waals surface area contributed by atoms with Gasteiger partial charge in [0.1, 0.15) is 0 Å². The van der Waals surface area contributed by atoms with Gasteiger partial charge in [0, 0.05) is 9.86 Å². The summed E-state index contributed by atoms with van der Waals surface area (Å²) >= 11 is 3.57. The van der Waals surface area contributed by atoms with E-state index < -0.39 is 0 Å². The smallest absolute Gasteiger partial charge is 0.0700 e. The molecular formula is C18H19BrN2. The highest BCUT2D eigenvalue weighted by Gasteiger charge is 2.11. The van der Waals surface area contributed by atoms with Crippen LogP contribution in [0.5, 0.6) is 0 Å². The third-order valence-electron chi connectivity index (χ3n) is 4.08. The number of fused-ring (bicyclic) bond motifs is 1. The zero-order chi connectivity index (χ0) is 15.0. The van der Waals surface area contributed by atoms with Crippen LogP contribution in [0, 0.1) is 13.8 Å². The molecule has 2 aromatic carbocycles. The summed E-state index contributed by atoms with van der Waals surface area (Å²) in [5.74, 6) is 0. The molecule has 0 saturated carbocycles. The normalized spacial score (nSPS) is 11.2. The van der Waals surface area contributed by atoms with E-state index in [2.05, 4.69) is 77.8 Å². The molecule has 21 heavy (non-hydrogen) atoms. The van der Waals surface area contributed by atoms with E-state index in [4.69, 9.17) is 5.10 Å². The third-order valence-corrected chi connectivity index (χ3v) is 4.57. The molecule has 1 aromatic heterocycles. The van der Waals surface area contributed by atoms with Crippen molar-refractivity contribution in [2.24, 2.45) is 0 Å². The summed E-state index contributed by atoms with van der Waals surface area (Å²) in [4.78, 5) is 0. The zero-order valence-electron chi connectivity index (χ0n) is 12.7. The maximum Gasteiger partial charge on any atom is 0.0700 e. The maximum atomic E-state index is 4.82. The third kappa shape index (κ3) is 2.62. The number of aryl methyl sites for hydroxylation is 3. The van der Waals surface area contributed by atoms with Crippen LogP contribution in [-0.2, 0) is 13.0 Å². The largest absolute Gasteiger partial charge is 0.260 e. The van der Waals surface area contributed by atoms with Gasteiger partial charge in [0.05, 0.1) is 17.8 Å². The molecule has 0 N–H and O–H groups in total. The number of hydrogen-bond acceptors (Lipinski definition) is 1. The van der Waals surface area contributed by atoms with Crippen LogP contribution in [0.4, 0.5) is 0 Å². The Hall–Kier alpha value is -1.61. The molecule has 0 atom stereocenters. The summed E-state index contributed by atoms with van der Waals surface area (Å²) < 4.78 is 3.23. The fourth-order valence-corrected chi connectivity index (χ4v) is 3.19. The van der Waals surface area contributed by atoms with Gasteiger partial charge in [-0.3, -0.25) is 4.68 Å². The van der Waals surface area contributed by atoms with Gasteiger partial charge in [0.2, 0.25) is 0 Å². The van der Waals surface area contributed by atoms with E-state index >= 15 is 0 Å². The maximum absolute atomic E-state index is 4.82. The topological polar surface area (TPSA) is 17.8 Å². The Morgan fingerprint density at radius 2 is 1.81 bits per heavy atom. The molecule has 0 bridgehead atoms. The highest BCUT2D eigenvalue weighted by Crippen LogP contribution is 2.25. The molecule has 3 heteroatoms. The number of hydrogen-bond donors (Lipinski definition) is 0. The van der Waals surface area contributed by atoms with E-state index in [1.54, 1.807) is 0 Å². The average Bonchev–Trinajstić information content (AvgIpc) is 2.80. The highest BCUT2D eigenvalue weighted by atomic mass is 79.9. The van der Waals surface area contributed by atoms with Crippen molar-refractivity contribution in [3.8, 4) is 0 Å². The Morgan fingerprint density at radius 3 is 2.48 bits per heavy atom. The summed E-state index contributed by atoms with van der Waals surface area (Å²) in [5, 5.41) is 6.08. The molecule has 108 valence electrons. The molecule has 0 fully saturated rings. The van der Waals surface area contributed by atoms with E-state index in [9.17, 15) is 0 Å². The molecule has 0 unspecified atom stereocenters. The quantitative estimate of drug-likeness (QED) is 0.652. The van der Waals surface area contributed by atoms with Crippen LogP contribution in [0.3, 0.4) is 0 Å². The summed E-state index contributed by atoms with van der Waals surface area (Å²) in [7, 11) is 0. The van der Waals surface area contributed by atoms with Gasteiger partial charge in [-0.05, 0) is 55.2 Å². The molecule has 0 aliphatic heterocycles. The minimum absolute atomic E-state index is 0.825. The molecule has 0 aliphatic rings. The lowest BCUT2D eigenvalue weighted by Crippen LogP contribution is -2.05. The van der Waals surface area contributed by atoms with Crippen molar-refractivity contribution in [2.45, 2.75) is 33.7 Å². The first-order chi connectivity index (χ1) is 10.1. The van der Waals surface area contributed by atoms with Crippen LogP contribution in [0.2, 0.25) is 0 Å². The second-order valence-electron chi connectivity index (χ2n) is 5.49. The fraction of sp³-hybridized carbons (Fsp3) is 0.278. The minimum Gasteiger partial charge on any atom is -0.260 e.